The second-order valence-electron chi connectivity index (χ2n) is 8.76. The Morgan fingerprint density at radius 2 is 1.71 bits per heavy atom. The van der Waals surface area contributed by atoms with E-state index in [4.69, 9.17) is 14.2 Å². The van der Waals surface area contributed by atoms with Crippen molar-refractivity contribution in [1.29, 1.82) is 0 Å². The largest absolute Gasteiger partial charge is 0.490 e. The first kappa shape index (κ1) is 28.8. The number of imide groups is 2. The summed E-state index contributed by atoms with van der Waals surface area (Å²) in [5.41, 5.74) is 0.461. The number of nitrogens with one attached hydrogen (secondary N) is 2. The molecule has 41 heavy (non-hydrogen) atoms. The first-order valence-electron chi connectivity index (χ1n) is 12.9. The van der Waals surface area contributed by atoms with Crippen LogP contribution >= 0.6 is 0 Å². The lowest BCUT2D eigenvalue weighted by atomic mass is 10.1. The summed E-state index contributed by atoms with van der Waals surface area (Å²) in [7, 11) is 0. The highest BCUT2D eigenvalue weighted by Crippen LogP contribution is 2.34. The van der Waals surface area contributed by atoms with Crippen LogP contribution in [0.3, 0.4) is 0 Å². The van der Waals surface area contributed by atoms with Crippen molar-refractivity contribution >= 4 is 41.2 Å². The average molecular weight is 562 g/mol. The zero-order chi connectivity index (χ0) is 29.4. The highest BCUT2D eigenvalue weighted by molar-refractivity contribution is 6.39. The van der Waals surface area contributed by atoms with E-state index in [-0.39, 0.29) is 23.6 Å². The topological polar surface area (TPSA) is 123 Å². The monoisotopic (exact) mass is 561 g/mol. The van der Waals surface area contributed by atoms with E-state index in [0.29, 0.717) is 36.0 Å². The van der Waals surface area contributed by atoms with Gasteiger partial charge < -0.3 is 19.5 Å². The molecule has 0 radical (unpaired) electrons. The molecule has 1 aliphatic heterocycles. The van der Waals surface area contributed by atoms with E-state index in [1.54, 1.807) is 43.3 Å². The molecular formula is C30H28FN3O7. The Kier molecular flexibility index (Phi) is 9.31. The van der Waals surface area contributed by atoms with Gasteiger partial charge in [-0.15, -0.1) is 0 Å². The molecule has 3 aromatic carbocycles. The van der Waals surface area contributed by atoms with Crippen LogP contribution in [0, 0.1) is 5.82 Å². The van der Waals surface area contributed by atoms with Crippen molar-refractivity contribution in [3.8, 4) is 17.2 Å². The second-order valence-corrected chi connectivity index (χ2v) is 8.76. The minimum Gasteiger partial charge on any atom is -0.490 e. The number of nitrogens with zero attached hydrogens (tertiary/aromatic N) is 1. The van der Waals surface area contributed by atoms with Gasteiger partial charge in [0, 0.05) is 6.07 Å². The summed E-state index contributed by atoms with van der Waals surface area (Å²) >= 11 is 0. The van der Waals surface area contributed by atoms with Crippen LogP contribution in [0.1, 0.15) is 25.8 Å². The maximum absolute atomic E-state index is 13.7. The van der Waals surface area contributed by atoms with Gasteiger partial charge in [0.05, 0.1) is 24.6 Å². The molecule has 0 unspecified atom stereocenters. The lowest BCUT2D eigenvalue weighted by Gasteiger charge is -2.27. The van der Waals surface area contributed by atoms with Crippen LogP contribution in [0.4, 0.5) is 20.6 Å². The maximum atomic E-state index is 13.7. The standard InChI is InChI=1S/C30H28FN3O7/c1-3-15-40-25-14-11-20(17-26(25)39-4-2)34-29(37)22(28(36)33-30(34)38)16-19-9-12-21(13-10-19)41-18-27(35)32-24-8-6-5-7-23(24)31/h5-14,16-17H,3-4,15,18H2,1-2H3,(H,32,35)(H,33,36,38)/b22-16+. The molecule has 4 rings (SSSR count). The van der Waals surface area contributed by atoms with E-state index < -0.39 is 29.6 Å². The molecule has 0 spiro atoms. The van der Waals surface area contributed by atoms with Gasteiger partial charge in [-0.05, 0) is 61.4 Å². The lowest BCUT2D eigenvalue weighted by Crippen LogP contribution is -2.54. The smallest absolute Gasteiger partial charge is 0.335 e. The normalized spacial score (nSPS) is 14.1. The third kappa shape index (κ3) is 7.07. The number of hydrogen-bond acceptors (Lipinski definition) is 7. The van der Waals surface area contributed by atoms with Crippen LogP contribution < -0.4 is 29.7 Å². The molecule has 2 N–H and O–H groups in total. The maximum Gasteiger partial charge on any atom is 0.335 e. The van der Waals surface area contributed by atoms with Gasteiger partial charge in [-0.3, -0.25) is 19.7 Å². The number of rotatable bonds is 11. The molecular weight excluding hydrogens is 533 g/mol. The van der Waals surface area contributed by atoms with Crippen molar-refractivity contribution in [2.75, 3.05) is 30.0 Å². The van der Waals surface area contributed by atoms with Gasteiger partial charge in [0.2, 0.25) is 0 Å². The zero-order valence-electron chi connectivity index (χ0n) is 22.4. The molecule has 10 nitrogen and oxygen atoms in total. The average Bonchev–Trinajstić information content (AvgIpc) is 2.95. The number of carbonyl (C=O) groups excluding carboxylic acids is 4. The minimum atomic E-state index is -0.890. The van der Waals surface area contributed by atoms with Crippen molar-refractivity contribution in [2.45, 2.75) is 20.3 Å². The molecule has 1 heterocycles. The molecule has 0 bridgehead atoms. The van der Waals surface area contributed by atoms with Crippen LogP contribution in [-0.4, -0.2) is 43.6 Å². The van der Waals surface area contributed by atoms with E-state index >= 15 is 0 Å². The number of barbiturate groups is 1. The van der Waals surface area contributed by atoms with Crippen LogP contribution in [0.5, 0.6) is 17.2 Å². The van der Waals surface area contributed by atoms with Crippen LogP contribution in [0.25, 0.3) is 6.08 Å². The Balaban J connectivity index is 1.47. The van der Waals surface area contributed by atoms with Gasteiger partial charge in [-0.1, -0.05) is 31.2 Å². The summed E-state index contributed by atoms with van der Waals surface area (Å²) in [5, 5.41) is 4.61. The van der Waals surface area contributed by atoms with Gasteiger partial charge in [-0.25, -0.2) is 14.1 Å². The fourth-order valence-corrected chi connectivity index (χ4v) is 3.85. The Morgan fingerprint density at radius 3 is 2.41 bits per heavy atom. The van der Waals surface area contributed by atoms with Crippen molar-refractivity contribution in [2.24, 2.45) is 0 Å². The molecule has 0 saturated carbocycles. The van der Waals surface area contributed by atoms with Crippen LogP contribution in [0.2, 0.25) is 0 Å². The SMILES string of the molecule is CCCOc1ccc(N2C(=O)NC(=O)/C(=C\c3ccc(OCC(=O)Nc4ccccc4F)cc3)C2=O)cc1OCC. The van der Waals surface area contributed by atoms with Crippen molar-refractivity contribution < 1.29 is 37.8 Å². The number of carbonyl (C=O) groups is 4. The number of amides is 5. The molecule has 0 aromatic heterocycles. The fourth-order valence-electron chi connectivity index (χ4n) is 3.85. The van der Waals surface area contributed by atoms with Gasteiger partial charge in [0.15, 0.2) is 18.1 Å². The van der Waals surface area contributed by atoms with E-state index in [1.165, 1.54) is 36.4 Å². The minimum absolute atomic E-state index is 0.0425. The Bertz CT molecular complexity index is 1490. The number of para-hydroxylation sites is 1. The first-order chi connectivity index (χ1) is 19.8. The van der Waals surface area contributed by atoms with Crippen molar-refractivity contribution in [3.63, 3.8) is 0 Å². The van der Waals surface area contributed by atoms with E-state index in [0.717, 1.165) is 11.3 Å². The molecule has 1 aliphatic rings. The second kappa shape index (κ2) is 13.2. The van der Waals surface area contributed by atoms with E-state index in [1.807, 2.05) is 6.92 Å². The number of ether oxygens (including phenoxy) is 3. The Labute approximate surface area is 235 Å². The third-order valence-electron chi connectivity index (χ3n) is 5.76. The van der Waals surface area contributed by atoms with Crippen LogP contribution in [-0.2, 0) is 14.4 Å². The molecule has 3 aromatic rings. The molecule has 1 saturated heterocycles. The molecule has 0 aliphatic carbocycles. The predicted molar refractivity (Wildman–Crippen MR) is 149 cm³/mol. The highest BCUT2D eigenvalue weighted by Gasteiger charge is 2.37. The molecule has 5 amide bonds. The van der Waals surface area contributed by atoms with Crippen molar-refractivity contribution in [1.82, 2.24) is 5.32 Å². The zero-order valence-corrected chi connectivity index (χ0v) is 22.4. The number of halogens is 1. The summed E-state index contributed by atoms with van der Waals surface area (Å²) in [4.78, 5) is 51.5. The molecule has 11 heteroatoms. The van der Waals surface area contributed by atoms with E-state index in [9.17, 15) is 23.6 Å². The number of benzene rings is 3. The van der Waals surface area contributed by atoms with Gasteiger partial charge >= 0.3 is 6.03 Å². The lowest BCUT2D eigenvalue weighted by molar-refractivity contribution is -0.122. The fraction of sp³-hybridized carbons (Fsp3) is 0.200. The third-order valence-corrected chi connectivity index (χ3v) is 5.76. The Hall–Kier alpha value is -5.19. The summed E-state index contributed by atoms with van der Waals surface area (Å²) in [5.74, 6) is -1.59. The quantitative estimate of drug-likeness (QED) is 0.257. The number of anilines is 2. The Morgan fingerprint density at radius 1 is 0.951 bits per heavy atom. The summed E-state index contributed by atoms with van der Waals surface area (Å²) in [6, 6.07) is 15.8. The molecule has 0 atom stereocenters. The van der Waals surface area contributed by atoms with Crippen LogP contribution in [0.15, 0.2) is 72.3 Å². The first-order valence-corrected chi connectivity index (χ1v) is 12.9. The molecule has 212 valence electrons. The highest BCUT2D eigenvalue weighted by atomic mass is 19.1. The number of urea groups is 1. The number of hydrogen-bond donors (Lipinski definition) is 2. The summed E-state index contributed by atoms with van der Waals surface area (Å²) in [6.45, 7) is 4.20. The van der Waals surface area contributed by atoms with Gasteiger partial charge in [-0.2, -0.15) is 0 Å². The molecule has 1 fully saturated rings. The van der Waals surface area contributed by atoms with Crippen molar-refractivity contribution in [3.05, 3.63) is 83.7 Å². The predicted octanol–water partition coefficient (Wildman–Crippen LogP) is 4.70. The van der Waals surface area contributed by atoms with E-state index in [2.05, 4.69) is 10.6 Å². The van der Waals surface area contributed by atoms with Gasteiger partial charge in [0.1, 0.15) is 17.1 Å². The summed E-state index contributed by atoms with van der Waals surface area (Å²) in [6.07, 6.45) is 2.13. The van der Waals surface area contributed by atoms with Gasteiger partial charge in [0.25, 0.3) is 17.7 Å². The summed E-state index contributed by atoms with van der Waals surface area (Å²) < 4.78 is 30.5.